The lowest BCUT2D eigenvalue weighted by molar-refractivity contribution is 1.09. The van der Waals surface area contributed by atoms with Crippen LogP contribution in [0.5, 0.6) is 0 Å². The normalized spacial score (nSPS) is 15.1. The molecule has 0 spiro atoms. The highest BCUT2D eigenvalue weighted by Gasteiger charge is 2.75. The molecule has 1 aliphatic heterocycles. The van der Waals surface area contributed by atoms with Gasteiger partial charge in [0.25, 0.3) is 0 Å². The number of pyridine rings is 2. The Hall–Kier alpha value is -4.79. The molecule has 0 unspecified atom stereocenters. The predicted octanol–water partition coefficient (Wildman–Crippen LogP) is 5.55. The van der Waals surface area contributed by atoms with E-state index in [0.717, 1.165) is 22.8 Å². The summed E-state index contributed by atoms with van der Waals surface area (Å²) in [6.07, 6.45) is 0. The van der Waals surface area contributed by atoms with Crippen LogP contribution in [-0.2, 0) is 0 Å². The van der Waals surface area contributed by atoms with E-state index in [1.165, 1.54) is 32.1 Å². The van der Waals surface area contributed by atoms with Crippen LogP contribution in [0.4, 0.5) is 11.4 Å². The summed E-state index contributed by atoms with van der Waals surface area (Å²) in [7, 11) is -5.91. The average Bonchev–Trinajstić information content (AvgIpc) is 3.02. The van der Waals surface area contributed by atoms with Crippen molar-refractivity contribution < 1.29 is 0 Å². The second-order valence-electron chi connectivity index (χ2n) is 11.7. The van der Waals surface area contributed by atoms with E-state index in [0.29, 0.717) is 0 Å². The van der Waals surface area contributed by atoms with E-state index < -0.39 is 16.8 Å². The third-order valence-corrected chi connectivity index (χ3v) is 20.7. The molecule has 1 fully saturated rings. The van der Waals surface area contributed by atoms with E-state index in [4.69, 9.17) is 9.97 Å². The molecule has 0 amide bonds. The molecule has 6 aromatic rings. The Morgan fingerprint density at radius 3 is 0.818 bits per heavy atom. The van der Waals surface area contributed by atoms with Crippen LogP contribution < -0.4 is 29.2 Å². The maximum atomic E-state index is 4.84. The fourth-order valence-electron chi connectivity index (χ4n) is 7.30. The van der Waals surface area contributed by atoms with Gasteiger partial charge < -0.3 is 8.46 Å². The summed E-state index contributed by atoms with van der Waals surface area (Å²) < 4.78 is 5.81. The smallest absolute Gasteiger partial charge is 0.318 e. The van der Waals surface area contributed by atoms with Crippen molar-refractivity contribution in [2.24, 2.45) is 0 Å². The zero-order valence-corrected chi connectivity index (χ0v) is 27.6. The topological polar surface area (TPSA) is 32.3 Å². The minimum Gasteiger partial charge on any atom is -0.378 e. The first-order valence-corrected chi connectivity index (χ1v) is 19.0. The molecule has 0 bridgehead atoms. The summed E-state index contributed by atoms with van der Waals surface area (Å²) in [6.45, 7) is 8.47. The molecular weight excluding hydrogens is 569 g/mol. The molecule has 3 heterocycles. The first-order chi connectivity index (χ1) is 21.5. The van der Waals surface area contributed by atoms with Crippen LogP contribution in [-0.4, -0.2) is 26.8 Å². The van der Waals surface area contributed by atoms with Gasteiger partial charge in [-0.25, -0.2) is 0 Å². The zero-order chi connectivity index (χ0) is 30.3. The number of benzene rings is 4. The standard InChI is InChI=1S/C38H36N4Si2/c1-29-25-33(26-30(2)39-29)41-43(35-17-9-5-10-18-35,36-19-11-6-12-20-36)42(34-27-31(3)40-32(4)28-34)44(41,37-21-13-7-14-22-37)38-23-15-8-16-24-38/h5-28H,1-4H3. The fraction of sp³-hybridized carbons (Fsp3) is 0.105. The van der Waals surface area contributed by atoms with Crippen molar-refractivity contribution in [2.75, 3.05) is 8.46 Å². The Morgan fingerprint density at radius 1 is 0.364 bits per heavy atom. The van der Waals surface area contributed by atoms with E-state index in [1.807, 2.05) is 0 Å². The van der Waals surface area contributed by atoms with Gasteiger partial charge in [0.05, 0.1) is 0 Å². The third-order valence-electron chi connectivity index (χ3n) is 8.65. The van der Waals surface area contributed by atoms with Gasteiger partial charge in [-0.15, -0.1) is 0 Å². The van der Waals surface area contributed by atoms with Crippen LogP contribution in [0.2, 0.25) is 0 Å². The van der Waals surface area contributed by atoms with Crippen LogP contribution >= 0.6 is 0 Å². The predicted molar refractivity (Wildman–Crippen MR) is 188 cm³/mol. The summed E-state index contributed by atoms with van der Waals surface area (Å²) in [5, 5.41) is 5.39. The molecule has 6 heteroatoms. The van der Waals surface area contributed by atoms with Crippen LogP contribution in [0, 0.1) is 27.7 Å². The Labute approximate surface area is 262 Å². The first-order valence-electron chi connectivity index (χ1n) is 15.2. The van der Waals surface area contributed by atoms with Crippen molar-refractivity contribution >= 4 is 48.9 Å². The fourth-order valence-corrected chi connectivity index (χ4v) is 22.5. The second-order valence-corrected chi connectivity index (χ2v) is 19.4. The third kappa shape index (κ3) is 4.25. The average molecular weight is 605 g/mol. The summed E-state index contributed by atoms with van der Waals surface area (Å²) in [5.74, 6) is 0. The molecule has 1 saturated heterocycles. The van der Waals surface area contributed by atoms with Gasteiger partial charge in [0.15, 0.2) is 0 Å². The maximum absolute atomic E-state index is 4.84. The second kappa shape index (κ2) is 11.0. The lowest BCUT2D eigenvalue weighted by Gasteiger charge is -2.73. The lowest BCUT2D eigenvalue weighted by atomic mass is 10.3. The first kappa shape index (κ1) is 28.0. The van der Waals surface area contributed by atoms with Crippen LogP contribution in [0.1, 0.15) is 22.8 Å². The van der Waals surface area contributed by atoms with Crippen LogP contribution in [0.25, 0.3) is 0 Å². The van der Waals surface area contributed by atoms with Gasteiger partial charge in [-0.05, 0) is 72.7 Å². The number of nitrogens with zero attached hydrogens (tertiary/aromatic N) is 4. The van der Waals surface area contributed by atoms with Crippen LogP contribution in [0.15, 0.2) is 146 Å². The number of anilines is 2. The minimum atomic E-state index is -2.96. The summed E-state index contributed by atoms with van der Waals surface area (Å²) >= 11 is 0. The molecule has 7 rings (SSSR count). The van der Waals surface area contributed by atoms with Gasteiger partial charge in [0.2, 0.25) is 0 Å². The molecular formula is C38H36N4Si2. The molecule has 44 heavy (non-hydrogen) atoms. The van der Waals surface area contributed by atoms with E-state index in [-0.39, 0.29) is 0 Å². The molecule has 0 radical (unpaired) electrons. The lowest BCUT2D eigenvalue weighted by Crippen LogP contribution is -3.07. The van der Waals surface area contributed by atoms with Crippen molar-refractivity contribution in [1.29, 1.82) is 0 Å². The Morgan fingerprint density at radius 2 is 0.591 bits per heavy atom. The summed E-state index contributed by atoms with van der Waals surface area (Å²) in [6, 6.07) is 54.0. The molecule has 0 saturated carbocycles. The summed E-state index contributed by atoms with van der Waals surface area (Å²) in [4.78, 5) is 9.69. The highest BCUT2D eigenvalue weighted by atomic mass is 28.5. The highest BCUT2D eigenvalue weighted by molar-refractivity contribution is 7.38. The molecule has 0 atom stereocenters. The van der Waals surface area contributed by atoms with Gasteiger partial charge in [-0.2, -0.15) is 0 Å². The molecule has 4 aromatic carbocycles. The van der Waals surface area contributed by atoms with E-state index in [1.54, 1.807) is 0 Å². The largest absolute Gasteiger partial charge is 0.378 e. The zero-order valence-electron chi connectivity index (χ0n) is 25.6. The molecule has 0 N–H and O–H groups in total. The van der Waals surface area contributed by atoms with E-state index >= 15 is 0 Å². The minimum absolute atomic E-state index is 1.03. The number of hydrogen-bond donors (Lipinski definition) is 0. The van der Waals surface area contributed by atoms with Crippen molar-refractivity contribution in [2.45, 2.75) is 27.7 Å². The summed E-state index contributed by atoms with van der Waals surface area (Å²) in [5.41, 5.74) is 6.58. The van der Waals surface area contributed by atoms with Crippen molar-refractivity contribution in [1.82, 2.24) is 9.97 Å². The van der Waals surface area contributed by atoms with E-state index in [2.05, 4.69) is 182 Å². The van der Waals surface area contributed by atoms with Crippen LogP contribution in [0.3, 0.4) is 0 Å². The number of hydrogen-bond acceptors (Lipinski definition) is 4. The van der Waals surface area contributed by atoms with Crippen molar-refractivity contribution in [3.63, 3.8) is 0 Å². The highest BCUT2D eigenvalue weighted by Crippen LogP contribution is 2.45. The molecule has 4 nitrogen and oxygen atoms in total. The van der Waals surface area contributed by atoms with E-state index in [9.17, 15) is 0 Å². The van der Waals surface area contributed by atoms with Gasteiger partial charge in [-0.3, -0.25) is 9.97 Å². The van der Waals surface area contributed by atoms with Crippen molar-refractivity contribution in [3.8, 4) is 0 Å². The maximum Gasteiger partial charge on any atom is 0.318 e. The van der Waals surface area contributed by atoms with Gasteiger partial charge in [-0.1, -0.05) is 121 Å². The number of aromatic nitrogens is 2. The Kier molecular flexibility index (Phi) is 7.03. The Bertz CT molecular complexity index is 1640. The number of aryl methyl sites for hydroxylation is 4. The number of rotatable bonds is 6. The van der Waals surface area contributed by atoms with Crippen molar-refractivity contribution in [3.05, 3.63) is 168 Å². The van der Waals surface area contributed by atoms with Gasteiger partial charge in [0, 0.05) is 34.2 Å². The van der Waals surface area contributed by atoms with Gasteiger partial charge >= 0.3 is 16.8 Å². The SMILES string of the molecule is Cc1cc(N2[Si](c3ccccc3)(c3ccccc3)N(c3cc(C)nc(C)c3)[Si]2(c2ccccc2)c2ccccc2)cc(C)n1. The quantitative estimate of drug-likeness (QED) is 0.234. The molecule has 216 valence electrons. The monoisotopic (exact) mass is 604 g/mol. The molecule has 0 aliphatic carbocycles. The molecule has 1 aliphatic rings. The van der Waals surface area contributed by atoms with Gasteiger partial charge in [0.1, 0.15) is 0 Å². The Balaban J connectivity index is 1.72. The molecule has 2 aromatic heterocycles.